The molecule has 53 heavy (non-hydrogen) atoms. The maximum atomic E-state index is 11.8. The van der Waals surface area contributed by atoms with Gasteiger partial charge >= 0.3 is 5.97 Å². The number of anilines is 2. The molecule has 3 aromatic carbocycles. The maximum Gasteiger partial charge on any atom is 0.310 e. The van der Waals surface area contributed by atoms with Crippen molar-refractivity contribution in [3.63, 3.8) is 0 Å². The molecule has 1 aliphatic heterocycles. The summed E-state index contributed by atoms with van der Waals surface area (Å²) in [6.07, 6.45) is 2.32. The number of fused-ring (bicyclic) bond motifs is 2. The van der Waals surface area contributed by atoms with Crippen molar-refractivity contribution in [1.82, 2.24) is 29.9 Å². The van der Waals surface area contributed by atoms with Gasteiger partial charge in [0.05, 0.1) is 23.0 Å². The van der Waals surface area contributed by atoms with E-state index in [2.05, 4.69) is 45.3 Å². The molecule has 1 atom stereocenters. The Bertz CT molecular complexity index is 2430. The minimum Gasteiger partial charge on any atom is -0.481 e. The van der Waals surface area contributed by atoms with Crippen LogP contribution in [0.5, 0.6) is 0 Å². The fraction of sp³-hybridized carbons (Fsp3) is 0.317. The number of nitrogens with zero attached hydrogens (tertiary/aromatic N) is 7. The van der Waals surface area contributed by atoms with Crippen LogP contribution in [0.15, 0.2) is 65.2 Å². The summed E-state index contributed by atoms with van der Waals surface area (Å²) in [5, 5.41) is 34.8. The molecule has 3 N–H and O–H groups in total. The third kappa shape index (κ3) is 6.94. The van der Waals surface area contributed by atoms with Crippen LogP contribution in [0.25, 0.3) is 44.7 Å². The number of rotatable bonds is 10. The number of nitriles is 1. The predicted octanol–water partition coefficient (Wildman–Crippen LogP) is 7.94. The van der Waals surface area contributed by atoms with Crippen molar-refractivity contribution in [2.24, 2.45) is 5.41 Å². The molecule has 6 aromatic rings. The lowest BCUT2D eigenvalue weighted by Gasteiger charge is -2.20. The molecule has 3 aromatic heterocycles. The number of likely N-dealkylation sites (tertiary alicyclic amines) is 1. The molecule has 0 aliphatic carbocycles. The van der Waals surface area contributed by atoms with Gasteiger partial charge < -0.3 is 20.0 Å². The van der Waals surface area contributed by atoms with Crippen molar-refractivity contribution in [2.45, 2.75) is 67.1 Å². The third-order valence-electron chi connectivity index (χ3n) is 10.2. The number of hydrogen-bond donors (Lipinski definition) is 3. The van der Waals surface area contributed by atoms with E-state index in [1.54, 1.807) is 13.1 Å². The maximum absolute atomic E-state index is 11.8. The Morgan fingerprint density at radius 1 is 1.02 bits per heavy atom. The molecule has 1 unspecified atom stereocenters. The van der Waals surface area contributed by atoms with E-state index in [-0.39, 0.29) is 6.04 Å². The van der Waals surface area contributed by atoms with Crippen LogP contribution < -0.4 is 5.32 Å². The van der Waals surface area contributed by atoms with Crippen LogP contribution in [0.3, 0.4) is 0 Å². The highest BCUT2D eigenvalue weighted by Crippen LogP contribution is 2.38. The van der Waals surface area contributed by atoms with Crippen molar-refractivity contribution >= 4 is 39.6 Å². The molecule has 0 saturated carbocycles. The van der Waals surface area contributed by atoms with Crippen molar-refractivity contribution in [3.05, 3.63) is 94.4 Å². The Morgan fingerprint density at radius 3 is 2.45 bits per heavy atom. The summed E-state index contributed by atoms with van der Waals surface area (Å²) in [5.74, 6) is 0.826. The average molecular weight is 711 g/mol. The van der Waals surface area contributed by atoms with Crippen molar-refractivity contribution in [1.29, 1.82) is 5.26 Å². The molecule has 0 spiro atoms. The Kier molecular flexibility index (Phi) is 9.42. The Hall–Kier alpha value is -5.74. The molecule has 0 amide bonds. The summed E-state index contributed by atoms with van der Waals surface area (Å²) in [6, 6.07) is 20.0. The molecule has 1 aliphatic rings. The summed E-state index contributed by atoms with van der Waals surface area (Å²) in [4.78, 5) is 32.8. The minimum absolute atomic E-state index is 0.0269. The fourth-order valence-corrected chi connectivity index (χ4v) is 7.07. The van der Waals surface area contributed by atoms with Gasteiger partial charge in [-0.2, -0.15) is 10.3 Å². The van der Waals surface area contributed by atoms with E-state index in [9.17, 15) is 20.4 Å². The van der Waals surface area contributed by atoms with Crippen molar-refractivity contribution < 1.29 is 19.5 Å². The number of nitrogens with one attached hydrogen (secondary N) is 1. The average Bonchev–Trinajstić information content (AvgIpc) is 3.72. The van der Waals surface area contributed by atoms with Gasteiger partial charge in [0, 0.05) is 36.6 Å². The Morgan fingerprint density at radius 2 is 1.74 bits per heavy atom. The number of carboxylic acid groups (broad SMARTS) is 1. The second kappa shape index (κ2) is 14.0. The highest BCUT2D eigenvalue weighted by atomic mass is 16.5. The van der Waals surface area contributed by atoms with Crippen LogP contribution in [0.2, 0.25) is 0 Å². The fourth-order valence-electron chi connectivity index (χ4n) is 7.07. The molecule has 4 heterocycles. The number of hydrogen-bond acceptors (Lipinski definition) is 11. The van der Waals surface area contributed by atoms with Gasteiger partial charge in [-0.25, -0.2) is 15.0 Å². The van der Waals surface area contributed by atoms with E-state index in [1.165, 1.54) is 5.06 Å². The predicted molar refractivity (Wildman–Crippen MR) is 203 cm³/mol. The van der Waals surface area contributed by atoms with Crippen molar-refractivity contribution in [2.75, 3.05) is 18.4 Å². The molecule has 7 rings (SSSR count). The molecule has 270 valence electrons. The summed E-state index contributed by atoms with van der Waals surface area (Å²) in [6.45, 7) is 13.6. The van der Waals surface area contributed by atoms with E-state index in [0.717, 1.165) is 44.6 Å². The monoisotopic (exact) mass is 710 g/mol. The zero-order chi connectivity index (χ0) is 37.6. The second-order valence-electron chi connectivity index (χ2n) is 14.6. The molecule has 12 nitrogen and oxygen atoms in total. The van der Waals surface area contributed by atoms with E-state index < -0.39 is 11.4 Å². The minimum atomic E-state index is -0.788. The van der Waals surface area contributed by atoms with Gasteiger partial charge in [0.1, 0.15) is 22.9 Å². The molecule has 0 bridgehead atoms. The van der Waals surface area contributed by atoms with E-state index in [1.807, 2.05) is 70.2 Å². The highest BCUT2D eigenvalue weighted by Gasteiger charge is 2.40. The summed E-state index contributed by atoms with van der Waals surface area (Å²) in [5.41, 5.74) is 9.38. The summed E-state index contributed by atoms with van der Waals surface area (Å²) < 4.78 is 6.29. The van der Waals surface area contributed by atoms with Crippen LogP contribution in [0.1, 0.15) is 60.8 Å². The first-order valence-corrected chi connectivity index (χ1v) is 17.7. The summed E-state index contributed by atoms with van der Waals surface area (Å²) >= 11 is 0. The summed E-state index contributed by atoms with van der Waals surface area (Å²) in [7, 11) is 0. The largest absolute Gasteiger partial charge is 0.481 e. The van der Waals surface area contributed by atoms with Gasteiger partial charge in [0.2, 0.25) is 5.89 Å². The number of aliphatic carboxylic acids is 1. The number of benzene rings is 3. The quantitative estimate of drug-likeness (QED) is 0.118. The zero-order valence-corrected chi connectivity index (χ0v) is 30.7. The first-order valence-electron chi connectivity index (χ1n) is 17.7. The molecule has 0 radical (unpaired) electrons. The van der Waals surface area contributed by atoms with Gasteiger partial charge in [-0.1, -0.05) is 24.3 Å². The number of aryl methyl sites for hydroxylation is 1. The Balaban J connectivity index is 1.19. The number of oxazole rings is 1. The molecule has 12 heteroatoms. The van der Waals surface area contributed by atoms with Crippen LogP contribution >= 0.6 is 0 Å². The number of pyridine rings is 1. The number of carboxylic acids is 1. The smallest absolute Gasteiger partial charge is 0.310 e. The Labute approximate surface area is 307 Å². The van der Waals surface area contributed by atoms with Gasteiger partial charge in [-0.05, 0) is 118 Å². The topological polar surface area (TPSA) is 165 Å². The van der Waals surface area contributed by atoms with Gasteiger partial charge in [0.15, 0.2) is 11.4 Å². The normalized spacial score (nSPS) is 16.2. The molecule has 1 fully saturated rings. The van der Waals surface area contributed by atoms with Gasteiger partial charge in [0.25, 0.3) is 0 Å². The number of aromatic nitrogens is 4. The molecular weight excluding hydrogens is 669 g/mol. The number of carbonyl (C=O) groups is 1. The lowest BCUT2D eigenvalue weighted by molar-refractivity contribution is -0.147. The van der Waals surface area contributed by atoms with E-state index in [0.29, 0.717) is 77.8 Å². The third-order valence-corrected chi connectivity index (χ3v) is 10.2. The van der Waals surface area contributed by atoms with Crippen LogP contribution in [0.4, 0.5) is 11.5 Å². The van der Waals surface area contributed by atoms with E-state index in [4.69, 9.17) is 14.4 Å². The second-order valence-corrected chi connectivity index (χ2v) is 14.6. The van der Waals surface area contributed by atoms with Crippen LogP contribution in [-0.4, -0.2) is 65.3 Å². The molecule has 1 saturated heterocycles. The lowest BCUT2D eigenvalue weighted by atomic mass is 9.90. The molecular formula is C41H42N8O4. The SMILES string of the molecule is Cc1nc(Nc2cccc(-c3cccc(-c4nc5cc(CN6CCC(C)(C(=O)O)C6)cc(C#N)c5o4)c3C)c2C)c2ncc(CN(O)C(C)C)cc2n1. The first kappa shape index (κ1) is 35.7. The zero-order valence-electron chi connectivity index (χ0n) is 30.7. The highest BCUT2D eigenvalue weighted by molar-refractivity contribution is 5.90. The van der Waals surface area contributed by atoms with Crippen molar-refractivity contribution in [3.8, 4) is 28.7 Å². The lowest BCUT2D eigenvalue weighted by Crippen LogP contribution is -2.31. The number of hydroxylamine groups is 2. The van der Waals surface area contributed by atoms with E-state index >= 15 is 0 Å². The van der Waals surface area contributed by atoms with Gasteiger partial charge in [-0.3, -0.25) is 14.7 Å². The standard InChI is InChI=1S/C41H42N8O4/c1-23(2)49(52)21-28-17-34-36(43-19-28)38(45-26(5)44-34)46-33-12-8-10-31(25(33)4)30-9-7-11-32(24(30)3)39-47-35-16-27(15-29(18-42)37(35)53-39)20-48-14-13-41(6,22-48)40(50)51/h7-12,15-17,19,23,52H,13-14,20-22H2,1-6H3,(H,50,51)(H,44,45,46). The van der Waals surface area contributed by atoms with Crippen LogP contribution in [0, 0.1) is 37.5 Å². The van der Waals surface area contributed by atoms with Crippen LogP contribution in [-0.2, 0) is 17.9 Å². The first-order chi connectivity index (χ1) is 25.3. The van der Waals surface area contributed by atoms with Gasteiger partial charge in [-0.15, -0.1) is 0 Å².